The minimum Gasteiger partial charge on any atom is -0.396 e. The molecule has 1 aromatic carbocycles. The molecule has 0 saturated heterocycles. The van der Waals surface area contributed by atoms with Crippen LogP contribution in [0.5, 0.6) is 0 Å². The van der Waals surface area contributed by atoms with Crippen molar-refractivity contribution in [2.24, 2.45) is 0 Å². The molecule has 2 N–H and O–H groups in total. The fourth-order valence-corrected chi connectivity index (χ4v) is 1.66. The Kier molecular flexibility index (Phi) is 4.09. The second kappa shape index (κ2) is 5.97. The highest BCUT2D eigenvalue weighted by Gasteiger charge is 2.07. The third-order valence-electron chi connectivity index (χ3n) is 2.52. The minimum absolute atomic E-state index is 0.0244. The zero-order chi connectivity index (χ0) is 12.8. The highest BCUT2D eigenvalue weighted by molar-refractivity contribution is 5.92. The van der Waals surface area contributed by atoms with E-state index in [-0.39, 0.29) is 12.5 Å². The van der Waals surface area contributed by atoms with Gasteiger partial charge in [-0.2, -0.15) is 0 Å². The number of amides is 1. The number of para-hydroxylation sites is 2. The van der Waals surface area contributed by atoms with Crippen molar-refractivity contribution in [3.05, 3.63) is 43.0 Å². The number of hydrogen-bond acceptors (Lipinski definition) is 3. The first-order valence-electron chi connectivity index (χ1n) is 5.79. The first kappa shape index (κ1) is 12.3. The maximum atomic E-state index is 11.6. The topological polar surface area (TPSA) is 67.2 Å². The zero-order valence-electron chi connectivity index (χ0n) is 9.91. The van der Waals surface area contributed by atoms with Crippen molar-refractivity contribution in [1.29, 1.82) is 0 Å². The SMILES string of the molecule is O=C(CCCO)Nc1ccccc1-n1ccnc1. The van der Waals surface area contributed by atoms with Crippen LogP contribution < -0.4 is 5.32 Å². The van der Waals surface area contributed by atoms with Crippen molar-refractivity contribution in [3.63, 3.8) is 0 Å². The highest BCUT2D eigenvalue weighted by atomic mass is 16.3. The van der Waals surface area contributed by atoms with Crippen LogP contribution in [0.4, 0.5) is 5.69 Å². The summed E-state index contributed by atoms with van der Waals surface area (Å²) in [7, 11) is 0. The van der Waals surface area contributed by atoms with Gasteiger partial charge >= 0.3 is 0 Å². The average Bonchev–Trinajstić information content (AvgIpc) is 2.91. The quantitative estimate of drug-likeness (QED) is 0.840. The van der Waals surface area contributed by atoms with Gasteiger partial charge in [-0.3, -0.25) is 4.79 Å². The second-order valence-electron chi connectivity index (χ2n) is 3.86. The monoisotopic (exact) mass is 245 g/mol. The number of carbonyl (C=O) groups is 1. The average molecular weight is 245 g/mol. The lowest BCUT2D eigenvalue weighted by molar-refractivity contribution is -0.116. The van der Waals surface area contributed by atoms with Gasteiger partial charge in [0.15, 0.2) is 0 Å². The van der Waals surface area contributed by atoms with Gasteiger partial charge in [-0.05, 0) is 18.6 Å². The number of benzene rings is 1. The van der Waals surface area contributed by atoms with Crippen LogP contribution in [-0.4, -0.2) is 27.2 Å². The summed E-state index contributed by atoms with van der Waals surface area (Å²) in [6.07, 6.45) is 5.97. The Morgan fingerprint density at radius 3 is 2.94 bits per heavy atom. The van der Waals surface area contributed by atoms with Gasteiger partial charge in [-0.15, -0.1) is 0 Å². The molecule has 0 fully saturated rings. The number of rotatable bonds is 5. The number of carbonyl (C=O) groups excluding carboxylic acids is 1. The lowest BCUT2D eigenvalue weighted by atomic mass is 10.2. The summed E-state index contributed by atoms with van der Waals surface area (Å²) < 4.78 is 1.83. The zero-order valence-corrected chi connectivity index (χ0v) is 9.91. The predicted octanol–water partition coefficient (Wildman–Crippen LogP) is 1.58. The van der Waals surface area contributed by atoms with E-state index in [1.807, 2.05) is 35.0 Å². The first-order valence-corrected chi connectivity index (χ1v) is 5.79. The number of nitrogens with zero attached hydrogens (tertiary/aromatic N) is 2. The molecular formula is C13H15N3O2. The third kappa shape index (κ3) is 2.95. The fourth-order valence-electron chi connectivity index (χ4n) is 1.66. The van der Waals surface area contributed by atoms with Crippen LogP contribution >= 0.6 is 0 Å². The molecule has 18 heavy (non-hydrogen) atoms. The Morgan fingerprint density at radius 1 is 1.39 bits per heavy atom. The van der Waals surface area contributed by atoms with E-state index in [2.05, 4.69) is 10.3 Å². The largest absolute Gasteiger partial charge is 0.396 e. The molecule has 2 aromatic rings. The number of imidazole rings is 1. The Hall–Kier alpha value is -2.14. The summed E-state index contributed by atoms with van der Waals surface area (Å²) in [5.74, 6) is -0.100. The summed E-state index contributed by atoms with van der Waals surface area (Å²) in [5.41, 5.74) is 1.60. The van der Waals surface area contributed by atoms with Crippen LogP contribution in [0.2, 0.25) is 0 Å². The maximum absolute atomic E-state index is 11.6. The Morgan fingerprint density at radius 2 is 2.22 bits per heavy atom. The van der Waals surface area contributed by atoms with E-state index in [0.29, 0.717) is 12.8 Å². The summed E-state index contributed by atoms with van der Waals surface area (Å²) in [4.78, 5) is 15.6. The van der Waals surface area contributed by atoms with E-state index in [0.717, 1.165) is 11.4 Å². The molecule has 0 radical (unpaired) electrons. The van der Waals surface area contributed by atoms with Crippen molar-refractivity contribution in [3.8, 4) is 5.69 Å². The number of aliphatic hydroxyl groups is 1. The van der Waals surface area contributed by atoms with E-state index in [9.17, 15) is 4.79 Å². The summed E-state index contributed by atoms with van der Waals surface area (Å²) in [6.45, 7) is 0.0244. The van der Waals surface area contributed by atoms with Crippen LogP contribution in [0.1, 0.15) is 12.8 Å². The molecule has 0 aliphatic carbocycles. The van der Waals surface area contributed by atoms with Gasteiger partial charge in [-0.1, -0.05) is 12.1 Å². The van der Waals surface area contributed by atoms with E-state index < -0.39 is 0 Å². The van der Waals surface area contributed by atoms with Gasteiger partial charge in [0.1, 0.15) is 0 Å². The molecule has 0 bridgehead atoms. The second-order valence-corrected chi connectivity index (χ2v) is 3.86. The van der Waals surface area contributed by atoms with Crippen LogP contribution in [0.3, 0.4) is 0 Å². The normalized spacial score (nSPS) is 10.3. The molecule has 0 aliphatic rings. The lowest BCUT2D eigenvalue weighted by Crippen LogP contribution is -2.13. The van der Waals surface area contributed by atoms with Crippen molar-refractivity contribution in [2.75, 3.05) is 11.9 Å². The molecule has 1 amide bonds. The van der Waals surface area contributed by atoms with E-state index >= 15 is 0 Å². The molecule has 0 spiro atoms. The van der Waals surface area contributed by atoms with Gasteiger partial charge in [0.2, 0.25) is 5.91 Å². The van der Waals surface area contributed by atoms with Crippen LogP contribution in [0.15, 0.2) is 43.0 Å². The Balaban J connectivity index is 2.16. The van der Waals surface area contributed by atoms with E-state index in [1.54, 1.807) is 12.5 Å². The van der Waals surface area contributed by atoms with Crippen LogP contribution in [0, 0.1) is 0 Å². The molecule has 5 heteroatoms. The first-order chi connectivity index (χ1) is 8.81. The number of aromatic nitrogens is 2. The molecule has 2 rings (SSSR count). The molecule has 94 valence electrons. The molecule has 5 nitrogen and oxygen atoms in total. The van der Waals surface area contributed by atoms with Gasteiger partial charge in [-0.25, -0.2) is 4.98 Å². The van der Waals surface area contributed by atoms with Crippen molar-refractivity contribution in [2.45, 2.75) is 12.8 Å². The van der Waals surface area contributed by atoms with Crippen LogP contribution in [-0.2, 0) is 4.79 Å². The van der Waals surface area contributed by atoms with Gasteiger partial charge in [0, 0.05) is 25.4 Å². The number of anilines is 1. The van der Waals surface area contributed by atoms with E-state index in [4.69, 9.17) is 5.11 Å². The van der Waals surface area contributed by atoms with Crippen molar-refractivity contribution >= 4 is 11.6 Å². The van der Waals surface area contributed by atoms with E-state index in [1.165, 1.54) is 0 Å². The molecular weight excluding hydrogens is 230 g/mol. The summed E-state index contributed by atoms with van der Waals surface area (Å²) in [6, 6.07) is 7.51. The van der Waals surface area contributed by atoms with Crippen molar-refractivity contribution in [1.82, 2.24) is 9.55 Å². The van der Waals surface area contributed by atoms with Crippen molar-refractivity contribution < 1.29 is 9.90 Å². The molecule has 1 aromatic heterocycles. The van der Waals surface area contributed by atoms with Gasteiger partial charge in [0.25, 0.3) is 0 Å². The molecule has 0 unspecified atom stereocenters. The third-order valence-corrected chi connectivity index (χ3v) is 2.52. The maximum Gasteiger partial charge on any atom is 0.224 e. The molecule has 0 saturated carbocycles. The summed E-state index contributed by atoms with van der Waals surface area (Å²) in [5, 5.41) is 11.5. The Labute approximate surface area is 105 Å². The fraction of sp³-hybridized carbons (Fsp3) is 0.231. The number of hydrogen-bond donors (Lipinski definition) is 2. The molecule has 0 aliphatic heterocycles. The highest BCUT2D eigenvalue weighted by Crippen LogP contribution is 2.19. The standard InChI is InChI=1S/C13H15N3O2/c17-9-3-6-13(18)15-11-4-1-2-5-12(11)16-8-7-14-10-16/h1-2,4-5,7-8,10,17H,3,6,9H2,(H,15,18). The summed E-state index contributed by atoms with van der Waals surface area (Å²) >= 11 is 0. The molecule has 0 atom stereocenters. The molecule has 1 heterocycles. The smallest absolute Gasteiger partial charge is 0.224 e. The Bertz CT molecular complexity index is 509. The minimum atomic E-state index is -0.100. The lowest BCUT2D eigenvalue weighted by Gasteiger charge is -2.11. The van der Waals surface area contributed by atoms with Crippen LogP contribution in [0.25, 0.3) is 5.69 Å². The van der Waals surface area contributed by atoms with Gasteiger partial charge in [0.05, 0.1) is 17.7 Å². The van der Waals surface area contributed by atoms with Gasteiger partial charge < -0.3 is 15.0 Å². The number of aliphatic hydroxyl groups excluding tert-OH is 1. The predicted molar refractivity (Wildman–Crippen MR) is 68.5 cm³/mol. The number of nitrogens with one attached hydrogen (secondary N) is 1.